The maximum atomic E-state index is 12.6. The summed E-state index contributed by atoms with van der Waals surface area (Å²) >= 11 is 0. The lowest BCUT2D eigenvalue weighted by Gasteiger charge is -2.04. The first-order chi connectivity index (χ1) is 6.65. The number of anilines is 1. The maximum absolute atomic E-state index is 12.6. The maximum Gasteiger partial charge on any atom is 0.194 e. The molecule has 5 heteroatoms. The molecule has 0 aliphatic heterocycles. The predicted octanol–water partition coefficient (Wildman–Crippen LogP) is 2.43. The zero-order chi connectivity index (χ0) is 10.6. The minimum atomic E-state index is -1.49. The van der Waals surface area contributed by atoms with Crippen LogP contribution in [0.25, 0.3) is 0 Å². The molecule has 0 fully saturated rings. The minimum Gasteiger partial charge on any atom is -0.384 e. The van der Waals surface area contributed by atoms with Crippen molar-refractivity contribution in [3.63, 3.8) is 0 Å². The van der Waals surface area contributed by atoms with E-state index in [9.17, 15) is 13.2 Å². The van der Waals surface area contributed by atoms with Gasteiger partial charge in [0.15, 0.2) is 17.5 Å². The van der Waals surface area contributed by atoms with Crippen LogP contribution in [0.1, 0.15) is 6.42 Å². The molecular formula is C9H7F3N2. The molecule has 0 radical (unpaired) electrons. The van der Waals surface area contributed by atoms with Crippen LogP contribution in [0.3, 0.4) is 0 Å². The van der Waals surface area contributed by atoms with Gasteiger partial charge in [0.2, 0.25) is 0 Å². The standard InChI is InChI=1S/C9H7F3N2/c10-7-4-6(14-3-1-2-13)5-8(11)9(7)12/h4-5,14H,1,3H2. The zero-order valence-corrected chi connectivity index (χ0v) is 7.15. The van der Waals surface area contributed by atoms with Gasteiger partial charge in [-0.05, 0) is 0 Å². The first kappa shape index (κ1) is 10.4. The van der Waals surface area contributed by atoms with Crippen molar-refractivity contribution in [3.05, 3.63) is 29.6 Å². The summed E-state index contributed by atoms with van der Waals surface area (Å²) in [5.74, 6) is -3.98. The fourth-order valence-electron chi connectivity index (χ4n) is 0.920. The van der Waals surface area contributed by atoms with Crippen LogP contribution in [0.15, 0.2) is 12.1 Å². The lowest BCUT2D eigenvalue weighted by molar-refractivity contribution is 0.447. The third kappa shape index (κ3) is 2.39. The molecule has 74 valence electrons. The second-order valence-electron chi connectivity index (χ2n) is 2.59. The number of halogens is 3. The zero-order valence-electron chi connectivity index (χ0n) is 7.15. The Kier molecular flexibility index (Phi) is 3.35. The van der Waals surface area contributed by atoms with E-state index in [1.54, 1.807) is 0 Å². The summed E-state index contributed by atoms with van der Waals surface area (Å²) in [6.07, 6.45) is 0.209. The highest BCUT2D eigenvalue weighted by Crippen LogP contribution is 2.16. The molecule has 1 aromatic rings. The second kappa shape index (κ2) is 4.51. The van der Waals surface area contributed by atoms with Gasteiger partial charge in [0.1, 0.15) is 0 Å². The molecule has 1 aromatic carbocycles. The fourth-order valence-corrected chi connectivity index (χ4v) is 0.920. The van der Waals surface area contributed by atoms with Gasteiger partial charge in [0, 0.05) is 24.4 Å². The minimum absolute atomic E-state index is 0.122. The van der Waals surface area contributed by atoms with Crippen LogP contribution in [0.5, 0.6) is 0 Å². The third-order valence-electron chi connectivity index (χ3n) is 1.55. The molecule has 0 amide bonds. The van der Waals surface area contributed by atoms with Crippen molar-refractivity contribution < 1.29 is 13.2 Å². The molecule has 0 aliphatic carbocycles. The molecule has 0 aromatic heterocycles. The molecule has 0 bridgehead atoms. The number of nitrogens with one attached hydrogen (secondary N) is 1. The van der Waals surface area contributed by atoms with E-state index in [0.717, 1.165) is 12.1 Å². The molecule has 1 N–H and O–H groups in total. The number of nitrogens with zero attached hydrogens (tertiary/aromatic N) is 1. The lowest BCUT2D eigenvalue weighted by atomic mass is 10.3. The fraction of sp³-hybridized carbons (Fsp3) is 0.222. The van der Waals surface area contributed by atoms with E-state index in [2.05, 4.69) is 5.32 Å². The SMILES string of the molecule is N#CCCNc1cc(F)c(F)c(F)c1. The molecule has 0 saturated heterocycles. The van der Waals surface area contributed by atoms with Crippen LogP contribution < -0.4 is 5.32 Å². The number of hydrogen-bond donors (Lipinski definition) is 1. The van der Waals surface area contributed by atoms with Gasteiger partial charge in [-0.25, -0.2) is 13.2 Å². The highest BCUT2D eigenvalue weighted by atomic mass is 19.2. The van der Waals surface area contributed by atoms with Gasteiger partial charge < -0.3 is 5.32 Å². The Bertz CT molecular complexity index is 348. The van der Waals surface area contributed by atoms with Gasteiger partial charge in [-0.3, -0.25) is 0 Å². The number of nitriles is 1. The van der Waals surface area contributed by atoms with E-state index >= 15 is 0 Å². The van der Waals surface area contributed by atoms with E-state index < -0.39 is 17.5 Å². The van der Waals surface area contributed by atoms with Crippen LogP contribution in [0.4, 0.5) is 18.9 Å². The molecule has 0 heterocycles. The van der Waals surface area contributed by atoms with Crippen LogP contribution in [-0.4, -0.2) is 6.54 Å². The van der Waals surface area contributed by atoms with E-state index in [1.807, 2.05) is 6.07 Å². The van der Waals surface area contributed by atoms with Crippen molar-refractivity contribution in [2.24, 2.45) is 0 Å². The highest BCUT2D eigenvalue weighted by Gasteiger charge is 2.09. The quantitative estimate of drug-likeness (QED) is 0.600. The Morgan fingerprint density at radius 2 is 1.79 bits per heavy atom. The first-order valence-electron chi connectivity index (χ1n) is 3.90. The molecule has 2 nitrogen and oxygen atoms in total. The van der Waals surface area contributed by atoms with Crippen molar-refractivity contribution in [2.75, 3.05) is 11.9 Å². The molecule has 0 spiro atoms. The van der Waals surface area contributed by atoms with E-state index in [1.165, 1.54) is 0 Å². The Balaban J connectivity index is 2.75. The van der Waals surface area contributed by atoms with Crippen molar-refractivity contribution >= 4 is 5.69 Å². The summed E-state index contributed by atoms with van der Waals surface area (Å²) in [6, 6.07) is 3.54. The summed E-state index contributed by atoms with van der Waals surface area (Å²) in [5.41, 5.74) is 0.122. The molecule has 0 aliphatic rings. The predicted molar refractivity (Wildman–Crippen MR) is 45.0 cm³/mol. The molecular weight excluding hydrogens is 193 g/mol. The van der Waals surface area contributed by atoms with Crippen molar-refractivity contribution in [3.8, 4) is 6.07 Å². The Labute approximate surface area is 79.0 Å². The van der Waals surface area contributed by atoms with Gasteiger partial charge in [-0.15, -0.1) is 0 Å². The van der Waals surface area contributed by atoms with Gasteiger partial charge in [0.25, 0.3) is 0 Å². The monoisotopic (exact) mass is 200 g/mol. The smallest absolute Gasteiger partial charge is 0.194 e. The summed E-state index contributed by atoms with van der Waals surface area (Å²) in [5, 5.41) is 10.8. The molecule has 0 atom stereocenters. The van der Waals surface area contributed by atoms with Crippen LogP contribution in [-0.2, 0) is 0 Å². The van der Waals surface area contributed by atoms with E-state index in [0.29, 0.717) is 0 Å². The summed E-state index contributed by atoms with van der Waals surface area (Å²) < 4.78 is 37.7. The van der Waals surface area contributed by atoms with Gasteiger partial charge >= 0.3 is 0 Å². The first-order valence-corrected chi connectivity index (χ1v) is 3.90. The van der Waals surface area contributed by atoms with Crippen LogP contribution in [0.2, 0.25) is 0 Å². The van der Waals surface area contributed by atoms with Crippen molar-refractivity contribution in [2.45, 2.75) is 6.42 Å². The summed E-state index contributed by atoms with van der Waals surface area (Å²) in [7, 11) is 0. The second-order valence-corrected chi connectivity index (χ2v) is 2.59. The average Bonchev–Trinajstić information content (AvgIpc) is 2.14. The molecule has 14 heavy (non-hydrogen) atoms. The topological polar surface area (TPSA) is 35.8 Å². The highest BCUT2D eigenvalue weighted by molar-refractivity contribution is 5.44. The van der Waals surface area contributed by atoms with Gasteiger partial charge in [0.05, 0.1) is 12.5 Å². The lowest BCUT2D eigenvalue weighted by Crippen LogP contribution is -2.02. The van der Waals surface area contributed by atoms with Crippen LogP contribution >= 0.6 is 0 Å². The Morgan fingerprint density at radius 1 is 1.21 bits per heavy atom. The van der Waals surface area contributed by atoms with Crippen molar-refractivity contribution in [1.82, 2.24) is 0 Å². The van der Waals surface area contributed by atoms with Gasteiger partial charge in [-0.1, -0.05) is 0 Å². The summed E-state index contributed by atoms with van der Waals surface area (Å²) in [6.45, 7) is 0.265. The normalized spacial score (nSPS) is 9.57. The van der Waals surface area contributed by atoms with Gasteiger partial charge in [-0.2, -0.15) is 5.26 Å². The summed E-state index contributed by atoms with van der Waals surface area (Å²) in [4.78, 5) is 0. The number of hydrogen-bond acceptors (Lipinski definition) is 2. The Hall–Kier alpha value is -1.70. The van der Waals surface area contributed by atoms with E-state index in [4.69, 9.17) is 5.26 Å². The van der Waals surface area contributed by atoms with E-state index in [-0.39, 0.29) is 18.7 Å². The molecule has 1 rings (SSSR count). The third-order valence-corrected chi connectivity index (χ3v) is 1.55. The van der Waals surface area contributed by atoms with Crippen molar-refractivity contribution in [1.29, 1.82) is 5.26 Å². The Morgan fingerprint density at radius 3 is 2.29 bits per heavy atom. The van der Waals surface area contributed by atoms with Crippen LogP contribution in [0, 0.1) is 28.8 Å². The number of rotatable bonds is 3. The largest absolute Gasteiger partial charge is 0.384 e. The average molecular weight is 200 g/mol. The number of benzene rings is 1. The molecule has 0 unspecified atom stereocenters. The molecule has 0 saturated carbocycles.